The van der Waals surface area contributed by atoms with Crippen molar-refractivity contribution in [2.24, 2.45) is 0 Å². The molecule has 0 amide bonds. The maximum absolute atomic E-state index is 9.06. The number of hydrogen-bond donors (Lipinski definition) is 0. The van der Waals surface area contributed by atoms with Crippen molar-refractivity contribution in [2.45, 2.75) is 19.8 Å². The van der Waals surface area contributed by atoms with Crippen molar-refractivity contribution in [2.75, 3.05) is 6.61 Å². The number of rotatable bonds is 4. The number of unbranched alkanes of at least 4 members (excludes halogenated alkanes) is 1. The van der Waals surface area contributed by atoms with Gasteiger partial charge in [0.2, 0.25) is 0 Å². The molecule has 1 aromatic heterocycles. The van der Waals surface area contributed by atoms with Crippen molar-refractivity contribution in [3.8, 4) is 11.8 Å². The number of nitriles is 1. The lowest BCUT2D eigenvalue weighted by atomic mass is 10.1. The Kier molecular flexibility index (Phi) is 3.56. The fourth-order valence-corrected chi connectivity index (χ4v) is 1.67. The first kappa shape index (κ1) is 11.4. The summed E-state index contributed by atoms with van der Waals surface area (Å²) in [4.78, 5) is 4.24. The Hall–Kier alpha value is -2.08. The third-order valence-electron chi connectivity index (χ3n) is 2.59. The van der Waals surface area contributed by atoms with Gasteiger partial charge < -0.3 is 4.74 Å². The summed E-state index contributed by atoms with van der Waals surface area (Å²) in [5.74, 6) is 0.659. The Morgan fingerprint density at radius 3 is 2.94 bits per heavy atom. The predicted molar refractivity (Wildman–Crippen MR) is 66.9 cm³/mol. The second-order valence-electron chi connectivity index (χ2n) is 3.83. The second kappa shape index (κ2) is 5.31. The molecular formula is C14H14N2O. The smallest absolute Gasteiger partial charge is 0.148 e. The van der Waals surface area contributed by atoms with Crippen LogP contribution in [0.1, 0.15) is 25.3 Å². The molecule has 1 aromatic carbocycles. The standard InChI is InChI=1S/C14H14N2O/c1-2-3-8-17-14-11(9-15)10-16-13-7-5-4-6-12(13)14/h4-7,10H,2-3,8H2,1H3. The summed E-state index contributed by atoms with van der Waals surface area (Å²) in [6.45, 7) is 2.75. The fourth-order valence-electron chi connectivity index (χ4n) is 1.67. The highest BCUT2D eigenvalue weighted by Gasteiger charge is 2.09. The third-order valence-corrected chi connectivity index (χ3v) is 2.59. The highest BCUT2D eigenvalue weighted by molar-refractivity contribution is 5.86. The van der Waals surface area contributed by atoms with E-state index in [1.165, 1.54) is 0 Å². The molecule has 1 heterocycles. The quantitative estimate of drug-likeness (QED) is 0.751. The van der Waals surface area contributed by atoms with Crippen LogP contribution in [0.25, 0.3) is 10.9 Å². The van der Waals surface area contributed by atoms with Gasteiger partial charge in [-0.25, -0.2) is 0 Å². The lowest BCUT2D eigenvalue weighted by Gasteiger charge is -2.09. The zero-order chi connectivity index (χ0) is 12.1. The first-order valence-corrected chi connectivity index (χ1v) is 5.77. The fraction of sp³-hybridized carbons (Fsp3) is 0.286. The van der Waals surface area contributed by atoms with E-state index in [1.54, 1.807) is 6.20 Å². The second-order valence-corrected chi connectivity index (χ2v) is 3.83. The summed E-state index contributed by atoms with van der Waals surface area (Å²) in [5, 5.41) is 9.97. The van der Waals surface area contributed by atoms with Crippen molar-refractivity contribution >= 4 is 10.9 Å². The van der Waals surface area contributed by atoms with Crippen molar-refractivity contribution in [1.82, 2.24) is 4.98 Å². The molecule has 0 radical (unpaired) electrons. The van der Waals surface area contributed by atoms with E-state index in [4.69, 9.17) is 10.00 Å². The lowest BCUT2D eigenvalue weighted by Crippen LogP contribution is -2.00. The molecule has 3 heteroatoms. The van der Waals surface area contributed by atoms with Gasteiger partial charge in [0, 0.05) is 11.6 Å². The molecule has 0 aliphatic carbocycles. The molecule has 3 nitrogen and oxygen atoms in total. The average Bonchev–Trinajstić information content (AvgIpc) is 2.39. The van der Waals surface area contributed by atoms with Crippen molar-refractivity contribution in [3.63, 3.8) is 0 Å². The van der Waals surface area contributed by atoms with E-state index in [0.717, 1.165) is 23.7 Å². The largest absolute Gasteiger partial charge is 0.491 e. The molecule has 86 valence electrons. The van der Waals surface area contributed by atoms with Gasteiger partial charge in [-0.2, -0.15) is 5.26 Å². The molecule has 0 atom stereocenters. The molecule has 0 saturated carbocycles. The molecular weight excluding hydrogens is 212 g/mol. The van der Waals surface area contributed by atoms with Gasteiger partial charge in [0.05, 0.1) is 12.1 Å². The number of aromatic nitrogens is 1. The van der Waals surface area contributed by atoms with E-state index < -0.39 is 0 Å². The molecule has 2 rings (SSSR count). The summed E-state index contributed by atoms with van der Waals surface area (Å²) >= 11 is 0. The zero-order valence-electron chi connectivity index (χ0n) is 9.81. The van der Waals surface area contributed by atoms with Gasteiger partial charge in [-0.05, 0) is 18.6 Å². The molecule has 0 bridgehead atoms. The van der Waals surface area contributed by atoms with Gasteiger partial charge in [0.25, 0.3) is 0 Å². The molecule has 0 fully saturated rings. The van der Waals surface area contributed by atoms with Crippen LogP contribution >= 0.6 is 0 Å². The normalized spacial score (nSPS) is 10.1. The van der Waals surface area contributed by atoms with Crippen LogP contribution in [0, 0.1) is 11.3 Å². The van der Waals surface area contributed by atoms with Crippen molar-refractivity contribution in [1.29, 1.82) is 5.26 Å². The third kappa shape index (κ3) is 2.36. The van der Waals surface area contributed by atoms with E-state index in [2.05, 4.69) is 18.0 Å². The number of benzene rings is 1. The van der Waals surface area contributed by atoms with Gasteiger partial charge in [0.1, 0.15) is 17.4 Å². The predicted octanol–water partition coefficient (Wildman–Crippen LogP) is 3.29. The molecule has 0 aliphatic heterocycles. The number of ether oxygens (including phenoxy) is 1. The van der Waals surface area contributed by atoms with Crippen LogP contribution in [0.15, 0.2) is 30.5 Å². The highest BCUT2D eigenvalue weighted by Crippen LogP contribution is 2.27. The van der Waals surface area contributed by atoms with Crippen LogP contribution in [0.4, 0.5) is 0 Å². The van der Waals surface area contributed by atoms with E-state index in [9.17, 15) is 0 Å². The summed E-state index contributed by atoms with van der Waals surface area (Å²) in [7, 11) is 0. The minimum absolute atomic E-state index is 0.500. The maximum Gasteiger partial charge on any atom is 0.148 e. The monoisotopic (exact) mass is 226 g/mol. The van der Waals surface area contributed by atoms with Gasteiger partial charge in [-0.1, -0.05) is 25.5 Å². The van der Waals surface area contributed by atoms with Crippen LogP contribution < -0.4 is 4.74 Å². The summed E-state index contributed by atoms with van der Waals surface area (Å²) in [5.41, 5.74) is 1.36. The van der Waals surface area contributed by atoms with E-state index in [0.29, 0.717) is 17.9 Å². The first-order valence-electron chi connectivity index (χ1n) is 5.77. The Bertz CT molecular complexity index is 558. The zero-order valence-corrected chi connectivity index (χ0v) is 9.81. The summed E-state index contributed by atoms with van der Waals surface area (Å²) in [6.07, 6.45) is 3.63. The molecule has 0 N–H and O–H groups in total. The maximum atomic E-state index is 9.06. The Morgan fingerprint density at radius 1 is 1.35 bits per heavy atom. The lowest BCUT2D eigenvalue weighted by molar-refractivity contribution is 0.312. The van der Waals surface area contributed by atoms with E-state index in [1.807, 2.05) is 24.3 Å². The van der Waals surface area contributed by atoms with E-state index >= 15 is 0 Å². The van der Waals surface area contributed by atoms with Crippen molar-refractivity contribution < 1.29 is 4.74 Å². The van der Waals surface area contributed by atoms with Gasteiger partial charge in [0.15, 0.2) is 0 Å². The van der Waals surface area contributed by atoms with Crippen LogP contribution in [0.2, 0.25) is 0 Å². The molecule has 17 heavy (non-hydrogen) atoms. The van der Waals surface area contributed by atoms with Crippen LogP contribution in [-0.2, 0) is 0 Å². The van der Waals surface area contributed by atoms with E-state index in [-0.39, 0.29) is 0 Å². The molecule has 0 unspecified atom stereocenters. The van der Waals surface area contributed by atoms with Gasteiger partial charge >= 0.3 is 0 Å². The molecule has 2 aromatic rings. The highest BCUT2D eigenvalue weighted by atomic mass is 16.5. The Balaban J connectivity index is 2.45. The molecule has 0 spiro atoms. The first-order chi connectivity index (χ1) is 8.36. The Labute approximate surface area is 101 Å². The summed E-state index contributed by atoms with van der Waals surface area (Å²) < 4.78 is 5.72. The minimum Gasteiger partial charge on any atom is -0.491 e. The van der Waals surface area contributed by atoms with Gasteiger partial charge in [-0.15, -0.1) is 0 Å². The van der Waals surface area contributed by atoms with Crippen LogP contribution in [0.3, 0.4) is 0 Å². The number of fused-ring (bicyclic) bond motifs is 1. The number of pyridine rings is 1. The van der Waals surface area contributed by atoms with Gasteiger partial charge in [-0.3, -0.25) is 4.98 Å². The molecule has 0 saturated heterocycles. The summed E-state index contributed by atoms with van der Waals surface area (Å²) in [6, 6.07) is 9.84. The van der Waals surface area contributed by atoms with Crippen LogP contribution in [0.5, 0.6) is 5.75 Å². The topological polar surface area (TPSA) is 45.9 Å². The van der Waals surface area contributed by atoms with Crippen LogP contribution in [-0.4, -0.2) is 11.6 Å². The number of nitrogens with zero attached hydrogens (tertiary/aromatic N) is 2. The number of hydrogen-bond acceptors (Lipinski definition) is 3. The average molecular weight is 226 g/mol. The number of para-hydroxylation sites is 1. The minimum atomic E-state index is 0.500. The SMILES string of the molecule is CCCCOc1c(C#N)cnc2ccccc12. The Morgan fingerprint density at radius 2 is 2.18 bits per heavy atom. The van der Waals surface area contributed by atoms with Crippen molar-refractivity contribution in [3.05, 3.63) is 36.0 Å². The molecule has 0 aliphatic rings.